The summed E-state index contributed by atoms with van der Waals surface area (Å²) >= 11 is 0. The van der Waals surface area contributed by atoms with Crippen molar-refractivity contribution in [2.24, 2.45) is 11.8 Å². The summed E-state index contributed by atoms with van der Waals surface area (Å²) in [5, 5.41) is 13.9. The Kier molecular flexibility index (Phi) is 4.06. The van der Waals surface area contributed by atoms with E-state index in [2.05, 4.69) is 23.5 Å². The second-order valence-corrected chi connectivity index (χ2v) is 6.74. The Morgan fingerprint density at radius 2 is 1.57 bits per heavy atom. The zero-order chi connectivity index (χ0) is 15.6. The summed E-state index contributed by atoms with van der Waals surface area (Å²) in [6, 6.07) is 18.4. The first-order chi connectivity index (χ1) is 11.3. The van der Waals surface area contributed by atoms with E-state index in [1.807, 2.05) is 36.4 Å². The standard InChI is InChI=1S/C20H23NO2/c22-18-10-15-12-21-13-16(15)11-20(18)23-19-9-5-4-8-17(19)14-6-2-1-3-7-14/h1-9,15-16,18,20-22H,10-13H2/t15-,16+,18+,20+/m0/s1. The quantitative estimate of drug-likeness (QED) is 0.915. The molecule has 2 fully saturated rings. The number of hydrogen-bond donors (Lipinski definition) is 2. The van der Waals surface area contributed by atoms with Crippen LogP contribution in [0.5, 0.6) is 5.75 Å². The van der Waals surface area contributed by atoms with Crippen molar-refractivity contribution in [1.29, 1.82) is 0 Å². The second-order valence-electron chi connectivity index (χ2n) is 6.74. The van der Waals surface area contributed by atoms with Crippen LogP contribution in [0.2, 0.25) is 0 Å². The van der Waals surface area contributed by atoms with E-state index in [0.717, 1.165) is 42.8 Å². The molecule has 1 heterocycles. The number of benzene rings is 2. The van der Waals surface area contributed by atoms with E-state index in [1.54, 1.807) is 0 Å². The smallest absolute Gasteiger partial charge is 0.127 e. The predicted octanol–water partition coefficient (Wildman–Crippen LogP) is 3.09. The van der Waals surface area contributed by atoms with Crippen LogP contribution in [0.4, 0.5) is 0 Å². The van der Waals surface area contributed by atoms with Crippen LogP contribution in [0.1, 0.15) is 12.8 Å². The molecule has 0 bridgehead atoms. The third-order valence-electron chi connectivity index (χ3n) is 5.24. The summed E-state index contributed by atoms with van der Waals surface area (Å²) in [7, 11) is 0. The Balaban J connectivity index is 1.57. The average molecular weight is 309 g/mol. The molecule has 3 nitrogen and oxygen atoms in total. The number of fused-ring (bicyclic) bond motifs is 1. The Morgan fingerprint density at radius 3 is 2.39 bits per heavy atom. The van der Waals surface area contributed by atoms with Gasteiger partial charge in [0.2, 0.25) is 0 Å². The lowest BCUT2D eigenvalue weighted by atomic mass is 9.78. The Hall–Kier alpha value is -1.84. The summed E-state index contributed by atoms with van der Waals surface area (Å²) in [6.45, 7) is 2.09. The number of para-hydroxylation sites is 1. The first kappa shape index (κ1) is 14.7. The normalized spacial score (nSPS) is 30.0. The highest BCUT2D eigenvalue weighted by Crippen LogP contribution is 2.37. The van der Waals surface area contributed by atoms with Crippen molar-refractivity contribution in [3.8, 4) is 16.9 Å². The minimum absolute atomic E-state index is 0.110. The van der Waals surface area contributed by atoms with E-state index in [-0.39, 0.29) is 12.2 Å². The number of rotatable bonds is 3. The number of nitrogens with one attached hydrogen (secondary N) is 1. The molecule has 1 aliphatic heterocycles. The van der Waals surface area contributed by atoms with E-state index in [4.69, 9.17) is 4.74 Å². The SMILES string of the molecule is O[C@@H]1C[C@H]2CNC[C@H]2C[C@H]1Oc1ccccc1-c1ccccc1. The average Bonchev–Trinajstić information content (AvgIpc) is 3.03. The minimum Gasteiger partial charge on any atom is -0.487 e. The number of ether oxygens (including phenoxy) is 1. The molecule has 0 unspecified atom stereocenters. The summed E-state index contributed by atoms with van der Waals surface area (Å²) in [5.41, 5.74) is 2.24. The van der Waals surface area contributed by atoms with E-state index < -0.39 is 0 Å². The molecular formula is C20H23NO2. The van der Waals surface area contributed by atoms with Gasteiger partial charge in [-0.1, -0.05) is 48.5 Å². The highest BCUT2D eigenvalue weighted by molar-refractivity contribution is 5.70. The highest BCUT2D eigenvalue weighted by Gasteiger charge is 2.40. The van der Waals surface area contributed by atoms with Crippen LogP contribution in [0.25, 0.3) is 11.1 Å². The molecule has 4 atom stereocenters. The van der Waals surface area contributed by atoms with Gasteiger partial charge in [-0.05, 0) is 49.4 Å². The van der Waals surface area contributed by atoms with Gasteiger partial charge in [-0.25, -0.2) is 0 Å². The van der Waals surface area contributed by atoms with Gasteiger partial charge in [-0.15, -0.1) is 0 Å². The molecule has 0 radical (unpaired) electrons. The van der Waals surface area contributed by atoms with Crippen molar-refractivity contribution in [3.63, 3.8) is 0 Å². The fourth-order valence-corrected chi connectivity index (χ4v) is 3.97. The van der Waals surface area contributed by atoms with E-state index in [9.17, 15) is 5.11 Å². The summed E-state index contributed by atoms with van der Waals surface area (Å²) in [4.78, 5) is 0. The van der Waals surface area contributed by atoms with Crippen LogP contribution < -0.4 is 10.1 Å². The topological polar surface area (TPSA) is 41.5 Å². The molecule has 0 amide bonds. The van der Waals surface area contributed by atoms with E-state index >= 15 is 0 Å². The molecular weight excluding hydrogens is 286 g/mol. The lowest BCUT2D eigenvalue weighted by Crippen LogP contribution is -2.42. The van der Waals surface area contributed by atoms with Crippen LogP contribution in [0.3, 0.4) is 0 Å². The second kappa shape index (κ2) is 6.34. The van der Waals surface area contributed by atoms with Gasteiger partial charge < -0.3 is 15.2 Å². The van der Waals surface area contributed by atoms with Crippen LogP contribution in [-0.2, 0) is 0 Å². The maximum absolute atomic E-state index is 10.5. The number of aliphatic hydroxyl groups excluding tert-OH is 1. The fourth-order valence-electron chi connectivity index (χ4n) is 3.97. The van der Waals surface area contributed by atoms with Crippen molar-refractivity contribution in [2.45, 2.75) is 25.0 Å². The summed E-state index contributed by atoms with van der Waals surface area (Å²) in [6.07, 6.45) is 1.29. The van der Waals surface area contributed by atoms with Crippen molar-refractivity contribution in [1.82, 2.24) is 5.32 Å². The third kappa shape index (κ3) is 2.99. The molecule has 2 aromatic rings. The van der Waals surface area contributed by atoms with Gasteiger partial charge in [-0.2, -0.15) is 0 Å². The molecule has 0 aromatic heterocycles. The van der Waals surface area contributed by atoms with E-state index in [0.29, 0.717) is 11.8 Å². The largest absolute Gasteiger partial charge is 0.487 e. The molecule has 1 saturated carbocycles. The Bertz CT molecular complexity index is 658. The lowest BCUT2D eigenvalue weighted by Gasteiger charge is -2.35. The van der Waals surface area contributed by atoms with Crippen LogP contribution in [-0.4, -0.2) is 30.4 Å². The molecule has 0 spiro atoms. The van der Waals surface area contributed by atoms with Gasteiger partial charge in [0.25, 0.3) is 0 Å². The first-order valence-corrected chi connectivity index (χ1v) is 8.51. The van der Waals surface area contributed by atoms with Gasteiger partial charge in [0, 0.05) is 5.56 Å². The van der Waals surface area contributed by atoms with Crippen LogP contribution in [0, 0.1) is 11.8 Å². The Labute approximate surface area is 137 Å². The van der Waals surface area contributed by atoms with Gasteiger partial charge in [-0.3, -0.25) is 0 Å². The van der Waals surface area contributed by atoms with Crippen LogP contribution >= 0.6 is 0 Å². The zero-order valence-corrected chi connectivity index (χ0v) is 13.2. The Morgan fingerprint density at radius 1 is 0.870 bits per heavy atom. The maximum Gasteiger partial charge on any atom is 0.127 e. The lowest BCUT2D eigenvalue weighted by molar-refractivity contribution is -0.0228. The van der Waals surface area contributed by atoms with Crippen molar-refractivity contribution in [2.75, 3.05) is 13.1 Å². The number of aliphatic hydroxyl groups is 1. The summed E-state index contributed by atoms with van der Waals surface area (Å²) in [5.74, 6) is 2.11. The maximum atomic E-state index is 10.5. The first-order valence-electron chi connectivity index (χ1n) is 8.51. The molecule has 1 aliphatic carbocycles. The van der Waals surface area contributed by atoms with Gasteiger partial charge >= 0.3 is 0 Å². The van der Waals surface area contributed by atoms with Crippen molar-refractivity contribution < 1.29 is 9.84 Å². The fraction of sp³-hybridized carbons (Fsp3) is 0.400. The molecule has 3 heteroatoms. The number of hydrogen-bond acceptors (Lipinski definition) is 3. The van der Waals surface area contributed by atoms with Gasteiger partial charge in [0.1, 0.15) is 11.9 Å². The molecule has 120 valence electrons. The minimum atomic E-state index is -0.375. The molecule has 2 aliphatic rings. The monoisotopic (exact) mass is 309 g/mol. The van der Waals surface area contributed by atoms with Crippen LogP contribution in [0.15, 0.2) is 54.6 Å². The molecule has 2 N–H and O–H groups in total. The highest BCUT2D eigenvalue weighted by atomic mass is 16.5. The molecule has 2 aromatic carbocycles. The van der Waals surface area contributed by atoms with Gasteiger partial charge in [0.15, 0.2) is 0 Å². The van der Waals surface area contributed by atoms with E-state index in [1.165, 1.54) is 0 Å². The van der Waals surface area contributed by atoms with Crippen molar-refractivity contribution in [3.05, 3.63) is 54.6 Å². The molecule has 4 rings (SSSR count). The van der Waals surface area contributed by atoms with Crippen molar-refractivity contribution >= 4 is 0 Å². The summed E-state index contributed by atoms with van der Waals surface area (Å²) < 4.78 is 6.28. The third-order valence-corrected chi connectivity index (χ3v) is 5.24. The zero-order valence-electron chi connectivity index (χ0n) is 13.2. The molecule has 23 heavy (non-hydrogen) atoms. The molecule has 1 saturated heterocycles. The predicted molar refractivity (Wildman–Crippen MR) is 91.4 cm³/mol. The van der Waals surface area contributed by atoms with Gasteiger partial charge in [0.05, 0.1) is 6.10 Å².